The highest BCUT2D eigenvalue weighted by molar-refractivity contribution is 6.30. The zero-order valence-electron chi connectivity index (χ0n) is 15.8. The smallest absolute Gasteiger partial charge is 0.341 e. The van der Waals surface area contributed by atoms with Crippen LogP contribution in [0.5, 0.6) is 5.75 Å². The van der Waals surface area contributed by atoms with E-state index >= 15 is 0 Å². The van der Waals surface area contributed by atoms with Gasteiger partial charge >= 0.3 is 5.97 Å². The summed E-state index contributed by atoms with van der Waals surface area (Å²) in [6.07, 6.45) is 1.06. The van der Waals surface area contributed by atoms with Crippen LogP contribution in [0.25, 0.3) is 0 Å². The van der Waals surface area contributed by atoms with E-state index in [4.69, 9.17) is 21.4 Å². The first-order chi connectivity index (χ1) is 13.4. The summed E-state index contributed by atoms with van der Waals surface area (Å²) in [5, 5.41) is 23.3. The second-order valence-corrected chi connectivity index (χ2v) is 7.50. The van der Waals surface area contributed by atoms with Crippen LogP contribution in [-0.4, -0.2) is 49.0 Å². The van der Waals surface area contributed by atoms with Gasteiger partial charge in [-0.1, -0.05) is 23.7 Å². The van der Waals surface area contributed by atoms with Crippen LogP contribution in [0.4, 0.5) is 5.69 Å². The molecule has 2 atom stereocenters. The van der Waals surface area contributed by atoms with Crippen molar-refractivity contribution in [2.24, 2.45) is 0 Å². The van der Waals surface area contributed by atoms with Crippen LogP contribution in [0, 0.1) is 0 Å². The van der Waals surface area contributed by atoms with Crippen LogP contribution in [0.2, 0.25) is 5.02 Å². The van der Waals surface area contributed by atoms with Gasteiger partial charge in [0.2, 0.25) is 0 Å². The average Bonchev–Trinajstić information content (AvgIpc) is 2.83. The fraction of sp³-hybridized carbons (Fsp3) is 0.381. The van der Waals surface area contributed by atoms with Crippen molar-refractivity contribution in [1.29, 1.82) is 0 Å². The number of fused-ring (bicyclic) bond motifs is 1. The van der Waals surface area contributed by atoms with E-state index in [0.717, 1.165) is 36.2 Å². The molecular weight excluding hydrogens is 380 g/mol. The quantitative estimate of drug-likeness (QED) is 0.658. The number of hydrogen-bond donors (Lipinski definition) is 3. The summed E-state index contributed by atoms with van der Waals surface area (Å²) < 4.78 is 5.32. The minimum absolute atomic E-state index is 0.187. The van der Waals surface area contributed by atoms with E-state index < -0.39 is 12.1 Å². The predicted octanol–water partition coefficient (Wildman–Crippen LogP) is 2.88. The number of nitrogens with one attached hydrogen (secondary N) is 1. The summed E-state index contributed by atoms with van der Waals surface area (Å²) in [4.78, 5) is 12.9. The number of carbonyl (C=O) groups is 1. The lowest BCUT2D eigenvalue weighted by molar-refractivity contribution is -0.139. The Morgan fingerprint density at radius 2 is 2.18 bits per heavy atom. The molecule has 0 bridgehead atoms. The molecule has 0 aliphatic carbocycles. The summed E-state index contributed by atoms with van der Waals surface area (Å²) in [7, 11) is 2.04. The highest BCUT2D eigenvalue weighted by Crippen LogP contribution is 2.29. The van der Waals surface area contributed by atoms with E-state index in [-0.39, 0.29) is 12.6 Å². The second-order valence-electron chi connectivity index (χ2n) is 7.06. The summed E-state index contributed by atoms with van der Waals surface area (Å²) in [6, 6.07) is 13.1. The molecule has 0 amide bonds. The Morgan fingerprint density at radius 3 is 2.93 bits per heavy atom. The van der Waals surface area contributed by atoms with Gasteiger partial charge in [-0.2, -0.15) is 0 Å². The van der Waals surface area contributed by atoms with Crippen molar-refractivity contribution in [3.8, 4) is 5.75 Å². The Morgan fingerprint density at radius 1 is 1.36 bits per heavy atom. The van der Waals surface area contributed by atoms with E-state index in [1.807, 2.05) is 31.3 Å². The van der Waals surface area contributed by atoms with Crippen LogP contribution in [0.15, 0.2) is 42.5 Å². The number of hydrogen-bond acceptors (Lipinski definition) is 5. The number of halogens is 1. The highest BCUT2D eigenvalue weighted by atomic mass is 35.5. The predicted molar refractivity (Wildman–Crippen MR) is 109 cm³/mol. The fourth-order valence-corrected chi connectivity index (χ4v) is 3.65. The minimum atomic E-state index is -0.999. The zero-order chi connectivity index (χ0) is 20.1. The maximum atomic E-state index is 10.7. The molecular formula is C21H25ClN2O4. The van der Waals surface area contributed by atoms with Crippen LogP contribution in [0.1, 0.15) is 23.7 Å². The molecule has 1 heterocycles. The Kier molecular flexibility index (Phi) is 6.78. The lowest BCUT2D eigenvalue weighted by Gasteiger charge is -2.20. The topological polar surface area (TPSA) is 82.0 Å². The molecule has 0 fully saturated rings. The number of aliphatic carboxylic acids is 1. The molecule has 7 heteroatoms. The molecule has 0 aromatic heterocycles. The van der Waals surface area contributed by atoms with Crippen molar-refractivity contribution in [3.05, 3.63) is 58.6 Å². The molecule has 1 aliphatic heterocycles. The van der Waals surface area contributed by atoms with E-state index in [1.54, 1.807) is 18.2 Å². The van der Waals surface area contributed by atoms with Gasteiger partial charge in [-0.05, 0) is 54.3 Å². The van der Waals surface area contributed by atoms with Crippen molar-refractivity contribution < 1.29 is 19.7 Å². The number of benzene rings is 2. The third-order valence-electron chi connectivity index (χ3n) is 4.94. The number of nitrogens with zero attached hydrogens (tertiary/aromatic N) is 1. The standard InChI is InChI=1S/C21H25ClN2O4/c1-24-8-7-17(23-12-20(25)14-3-2-4-16(22)9-14)10-15-11-18(5-6-19(15)24)28-13-21(26)27/h2-6,9,11,17,20,23,25H,7-8,10,12-13H2,1H3,(H,26,27)/t17?,20-/m0/s1. The molecule has 0 spiro atoms. The van der Waals surface area contributed by atoms with Crippen LogP contribution in [0.3, 0.4) is 0 Å². The first-order valence-electron chi connectivity index (χ1n) is 9.28. The molecule has 28 heavy (non-hydrogen) atoms. The number of carboxylic acids is 1. The summed E-state index contributed by atoms with van der Waals surface area (Å²) >= 11 is 6.01. The Labute approximate surface area is 169 Å². The van der Waals surface area contributed by atoms with Crippen LogP contribution < -0.4 is 15.0 Å². The van der Waals surface area contributed by atoms with E-state index in [1.165, 1.54) is 0 Å². The van der Waals surface area contributed by atoms with Gasteiger partial charge in [-0.3, -0.25) is 0 Å². The van der Waals surface area contributed by atoms with Crippen molar-refractivity contribution >= 4 is 23.3 Å². The molecule has 0 saturated heterocycles. The number of aliphatic hydroxyl groups excluding tert-OH is 1. The third kappa shape index (κ3) is 5.38. The number of aliphatic hydroxyl groups is 1. The van der Waals surface area contributed by atoms with E-state index in [9.17, 15) is 9.90 Å². The molecule has 1 unspecified atom stereocenters. The van der Waals surface area contributed by atoms with Gasteiger partial charge in [-0.25, -0.2) is 4.79 Å². The molecule has 2 aromatic rings. The Bertz CT molecular complexity index is 830. The number of ether oxygens (including phenoxy) is 1. The highest BCUT2D eigenvalue weighted by Gasteiger charge is 2.21. The monoisotopic (exact) mass is 404 g/mol. The number of rotatable bonds is 7. The van der Waals surface area contributed by atoms with E-state index in [2.05, 4.69) is 10.2 Å². The number of carboxylic acid groups (broad SMARTS) is 1. The minimum Gasteiger partial charge on any atom is -0.482 e. The van der Waals surface area contributed by atoms with Crippen molar-refractivity contribution in [1.82, 2.24) is 5.32 Å². The Balaban J connectivity index is 1.66. The molecule has 2 aromatic carbocycles. The average molecular weight is 405 g/mol. The van der Waals surface area contributed by atoms with Crippen LogP contribution >= 0.6 is 11.6 Å². The third-order valence-corrected chi connectivity index (χ3v) is 5.17. The van der Waals surface area contributed by atoms with Gasteiger partial charge in [0, 0.05) is 36.9 Å². The summed E-state index contributed by atoms with van der Waals surface area (Å²) in [5.74, 6) is -0.448. The SMILES string of the molecule is CN1CCC(NC[C@H](O)c2cccc(Cl)c2)Cc2cc(OCC(=O)O)ccc21. The molecule has 0 saturated carbocycles. The van der Waals surface area contributed by atoms with Crippen LogP contribution in [-0.2, 0) is 11.2 Å². The lowest BCUT2D eigenvalue weighted by atomic mass is 10.0. The molecule has 3 N–H and O–H groups in total. The molecule has 1 aliphatic rings. The normalized spacial score (nSPS) is 17.5. The van der Waals surface area contributed by atoms with Crippen molar-refractivity contribution in [2.45, 2.75) is 25.0 Å². The van der Waals surface area contributed by atoms with Gasteiger partial charge in [-0.15, -0.1) is 0 Å². The maximum absolute atomic E-state index is 10.7. The summed E-state index contributed by atoms with van der Waals surface area (Å²) in [5.41, 5.74) is 3.00. The zero-order valence-corrected chi connectivity index (χ0v) is 16.5. The lowest BCUT2D eigenvalue weighted by Crippen LogP contribution is -2.35. The van der Waals surface area contributed by atoms with Crippen molar-refractivity contribution in [2.75, 3.05) is 31.6 Å². The van der Waals surface area contributed by atoms with Gasteiger partial charge in [0.15, 0.2) is 6.61 Å². The summed E-state index contributed by atoms with van der Waals surface area (Å²) in [6.45, 7) is 0.953. The first kappa shape index (κ1) is 20.5. The van der Waals surface area contributed by atoms with Gasteiger partial charge < -0.3 is 25.2 Å². The molecule has 150 valence electrons. The van der Waals surface area contributed by atoms with Gasteiger partial charge in [0.05, 0.1) is 6.10 Å². The second kappa shape index (κ2) is 9.28. The Hall–Kier alpha value is -2.28. The van der Waals surface area contributed by atoms with E-state index in [0.29, 0.717) is 17.3 Å². The molecule has 6 nitrogen and oxygen atoms in total. The molecule has 3 rings (SSSR count). The van der Waals surface area contributed by atoms with Crippen molar-refractivity contribution in [3.63, 3.8) is 0 Å². The maximum Gasteiger partial charge on any atom is 0.341 e. The van der Waals surface area contributed by atoms with Gasteiger partial charge in [0.1, 0.15) is 5.75 Å². The fourth-order valence-electron chi connectivity index (χ4n) is 3.45. The molecule has 0 radical (unpaired) electrons. The van der Waals surface area contributed by atoms with Gasteiger partial charge in [0.25, 0.3) is 0 Å². The largest absolute Gasteiger partial charge is 0.482 e. The number of anilines is 1. The first-order valence-corrected chi connectivity index (χ1v) is 9.65.